The Hall–Kier alpha value is -5.93. The smallest absolute Gasteiger partial charge is 0.272 e. The number of hydrogen-bond donors (Lipinski definition) is 4. The molecule has 5 N–H and O–H groups in total. The fourth-order valence-corrected chi connectivity index (χ4v) is 5.58. The number of thioether (sulfide) groups is 1. The van der Waals surface area contributed by atoms with Crippen LogP contribution in [0.25, 0.3) is 17.2 Å². The number of amides is 4. The quantitative estimate of drug-likeness (QED) is 0.0914. The molecule has 234 valence electrons. The second-order valence-electron chi connectivity index (χ2n) is 10.5. The monoisotopic (exact) mass is 640 g/mol. The largest absolute Gasteiger partial charge is 0.366 e. The number of anilines is 2. The third-order valence-electron chi connectivity index (χ3n) is 7.08. The summed E-state index contributed by atoms with van der Waals surface area (Å²) >= 11 is 1.28. The zero-order valence-electron chi connectivity index (χ0n) is 25.5. The van der Waals surface area contributed by atoms with E-state index in [4.69, 9.17) is 5.73 Å². The summed E-state index contributed by atoms with van der Waals surface area (Å²) in [5.41, 5.74) is 9.77. The SMILES string of the molecule is CC(Sc1cccc(NC(=O)/C(=C\c2ccc(-c3ccccc3)cc2)NC(=O)c2ccccc2)c1)C(=O)Nc1ccccc1C(N)=O. The summed E-state index contributed by atoms with van der Waals surface area (Å²) in [5, 5.41) is 7.86. The minimum atomic E-state index is -0.637. The lowest BCUT2D eigenvalue weighted by Crippen LogP contribution is -2.30. The minimum absolute atomic E-state index is 0.0604. The van der Waals surface area contributed by atoms with Crippen LogP contribution in [0.2, 0.25) is 0 Å². The molecule has 0 heterocycles. The Labute approximate surface area is 277 Å². The standard InChI is InChI=1S/C38H32N4O4S/c1-25(36(44)41-33-18-9-8-17-32(33)35(39)43)47-31-16-10-15-30(24-31)40-38(46)34(42-37(45)29-13-6-3-7-14-29)23-26-19-21-28(22-20-26)27-11-4-2-5-12-27/h2-25H,1H3,(H2,39,43)(H,40,46)(H,41,44)(H,42,45)/b34-23+. The third kappa shape index (κ3) is 8.84. The van der Waals surface area contributed by atoms with Crippen LogP contribution in [-0.2, 0) is 9.59 Å². The van der Waals surface area contributed by atoms with Crippen molar-refractivity contribution < 1.29 is 19.2 Å². The van der Waals surface area contributed by atoms with Crippen molar-refractivity contribution in [1.29, 1.82) is 0 Å². The molecule has 0 saturated carbocycles. The van der Waals surface area contributed by atoms with Crippen molar-refractivity contribution in [2.45, 2.75) is 17.1 Å². The van der Waals surface area contributed by atoms with Crippen LogP contribution in [0, 0.1) is 0 Å². The first-order valence-corrected chi connectivity index (χ1v) is 15.7. The summed E-state index contributed by atoms with van der Waals surface area (Å²) in [6.07, 6.45) is 1.62. The zero-order chi connectivity index (χ0) is 33.2. The molecule has 0 aliphatic heterocycles. The van der Waals surface area contributed by atoms with Gasteiger partial charge in [-0.1, -0.05) is 91.0 Å². The maximum Gasteiger partial charge on any atom is 0.272 e. The van der Waals surface area contributed by atoms with Gasteiger partial charge in [-0.05, 0) is 72.2 Å². The third-order valence-corrected chi connectivity index (χ3v) is 8.18. The van der Waals surface area contributed by atoms with Gasteiger partial charge in [0.05, 0.1) is 16.5 Å². The van der Waals surface area contributed by atoms with E-state index in [1.54, 1.807) is 79.7 Å². The van der Waals surface area contributed by atoms with Crippen LogP contribution in [0.5, 0.6) is 0 Å². The van der Waals surface area contributed by atoms with Crippen molar-refractivity contribution in [3.05, 3.63) is 156 Å². The summed E-state index contributed by atoms with van der Waals surface area (Å²) in [6.45, 7) is 1.74. The molecule has 8 nitrogen and oxygen atoms in total. The summed E-state index contributed by atoms with van der Waals surface area (Å²) in [7, 11) is 0. The topological polar surface area (TPSA) is 130 Å². The lowest BCUT2D eigenvalue weighted by atomic mass is 10.0. The van der Waals surface area contributed by atoms with Crippen molar-refractivity contribution in [2.75, 3.05) is 10.6 Å². The van der Waals surface area contributed by atoms with E-state index in [1.165, 1.54) is 11.8 Å². The summed E-state index contributed by atoms with van der Waals surface area (Å²) in [6, 6.07) is 39.9. The molecule has 1 atom stereocenters. The molecule has 0 aliphatic rings. The predicted octanol–water partition coefficient (Wildman–Crippen LogP) is 6.98. The van der Waals surface area contributed by atoms with Gasteiger partial charge in [0.1, 0.15) is 5.70 Å². The molecule has 0 spiro atoms. The Kier molecular flexibility index (Phi) is 10.6. The molecule has 0 fully saturated rings. The Morgan fingerprint density at radius 1 is 0.702 bits per heavy atom. The van der Waals surface area contributed by atoms with Gasteiger partial charge < -0.3 is 21.7 Å². The predicted molar refractivity (Wildman–Crippen MR) is 188 cm³/mol. The van der Waals surface area contributed by atoms with E-state index in [9.17, 15) is 19.2 Å². The van der Waals surface area contributed by atoms with Crippen LogP contribution in [0.3, 0.4) is 0 Å². The fraction of sp³-hybridized carbons (Fsp3) is 0.0526. The fourth-order valence-electron chi connectivity index (χ4n) is 4.66. The first-order chi connectivity index (χ1) is 22.8. The maximum absolute atomic E-state index is 13.6. The molecule has 5 aromatic carbocycles. The van der Waals surface area contributed by atoms with E-state index in [0.717, 1.165) is 21.6 Å². The number of rotatable bonds is 11. The summed E-state index contributed by atoms with van der Waals surface area (Å²) in [4.78, 5) is 52.1. The van der Waals surface area contributed by atoms with Crippen molar-refractivity contribution >= 4 is 52.8 Å². The van der Waals surface area contributed by atoms with Crippen LogP contribution in [0.4, 0.5) is 11.4 Å². The van der Waals surface area contributed by atoms with Gasteiger partial charge in [-0.3, -0.25) is 19.2 Å². The average molecular weight is 641 g/mol. The molecule has 0 aromatic heterocycles. The zero-order valence-corrected chi connectivity index (χ0v) is 26.3. The molecule has 4 amide bonds. The Balaban J connectivity index is 1.32. The van der Waals surface area contributed by atoms with Crippen molar-refractivity contribution in [2.24, 2.45) is 5.73 Å². The second-order valence-corrected chi connectivity index (χ2v) is 11.9. The van der Waals surface area contributed by atoms with E-state index in [1.807, 2.05) is 66.7 Å². The number of benzene rings is 5. The average Bonchev–Trinajstić information content (AvgIpc) is 3.09. The van der Waals surface area contributed by atoms with E-state index < -0.39 is 23.0 Å². The number of nitrogens with one attached hydrogen (secondary N) is 3. The number of hydrogen-bond acceptors (Lipinski definition) is 5. The number of primary amides is 1. The van der Waals surface area contributed by atoms with Gasteiger partial charge >= 0.3 is 0 Å². The Bertz CT molecular complexity index is 1930. The van der Waals surface area contributed by atoms with E-state index >= 15 is 0 Å². The molecule has 5 aromatic rings. The normalized spacial score (nSPS) is 11.6. The highest BCUT2D eigenvalue weighted by atomic mass is 32.2. The lowest BCUT2D eigenvalue weighted by molar-refractivity contribution is -0.115. The molecule has 9 heteroatoms. The van der Waals surface area contributed by atoms with Gasteiger partial charge in [0, 0.05) is 16.1 Å². The molecule has 0 aliphatic carbocycles. The van der Waals surface area contributed by atoms with Crippen LogP contribution >= 0.6 is 11.8 Å². The highest BCUT2D eigenvalue weighted by Gasteiger charge is 2.19. The van der Waals surface area contributed by atoms with Crippen LogP contribution in [-0.4, -0.2) is 28.9 Å². The van der Waals surface area contributed by atoms with Crippen LogP contribution in [0.15, 0.2) is 144 Å². The van der Waals surface area contributed by atoms with Gasteiger partial charge in [0.15, 0.2) is 0 Å². The molecule has 0 bridgehead atoms. The van der Waals surface area contributed by atoms with Gasteiger partial charge in [-0.25, -0.2) is 0 Å². The van der Waals surface area contributed by atoms with Crippen molar-refractivity contribution in [3.63, 3.8) is 0 Å². The van der Waals surface area contributed by atoms with Gasteiger partial charge in [0.2, 0.25) is 5.91 Å². The summed E-state index contributed by atoms with van der Waals surface area (Å²) < 4.78 is 0. The molecule has 5 rings (SSSR count). The lowest BCUT2D eigenvalue weighted by Gasteiger charge is -2.15. The Morgan fingerprint density at radius 3 is 2.04 bits per heavy atom. The number of para-hydroxylation sites is 1. The molecule has 0 saturated heterocycles. The molecule has 1 unspecified atom stereocenters. The van der Waals surface area contributed by atoms with Gasteiger partial charge in [0.25, 0.3) is 17.7 Å². The van der Waals surface area contributed by atoms with E-state index in [0.29, 0.717) is 16.9 Å². The highest BCUT2D eigenvalue weighted by molar-refractivity contribution is 8.00. The van der Waals surface area contributed by atoms with Gasteiger partial charge in [-0.2, -0.15) is 0 Å². The van der Waals surface area contributed by atoms with Crippen LogP contribution in [0.1, 0.15) is 33.2 Å². The Morgan fingerprint density at radius 2 is 1.34 bits per heavy atom. The van der Waals surface area contributed by atoms with Crippen molar-refractivity contribution in [1.82, 2.24) is 5.32 Å². The van der Waals surface area contributed by atoms with Crippen molar-refractivity contribution in [3.8, 4) is 11.1 Å². The number of nitrogens with two attached hydrogens (primary N) is 1. The van der Waals surface area contributed by atoms with E-state index in [2.05, 4.69) is 16.0 Å². The number of carbonyl (C=O) groups is 4. The second kappa shape index (κ2) is 15.4. The highest BCUT2D eigenvalue weighted by Crippen LogP contribution is 2.28. The molecule has 47 heavy (non-hydrogen) atoms. The van der Waals surface area contributed by atoms with Gasteiger partial charge in [-0.15, -0.1) is 11.8 Å². The van der Waals surface area contributed by atoms with Crippen LogP contribution < -0.4 is 21.7 Å². The maximum atomic E-state index is 13.6. The minimum Gasteiger partial charge on any atom is -0.366 e. The molecular weight excluding hydrogens is 609 g/mol. The van der Waals surface area contributed by atoms with E-state index in [-0.39, 0.29) is 17.2 Å². The molecular formula is C38H32N4O4S. The summed E-state index contributed by atoms with van der Waals surface area (Å²) in [5.74, 6) is -1.89. The number of carbonyl (C=O) groups excluding carboxylic acids is 4. The first kappa shape index (κ1) is 32.5. The first-order valence-electron chi connectivity index (χ1n) is 14.8. The molecule has 0 radical (unpaired) electrons.